The SMILES string of the molecule is CC(C)(C)S(=O)(=O)CCOc1ccc(F)cc1C#CCN. The summed E-state index contributed by atoms with van der Waals surface area (Å²) >= 11 is 0. The third-order valence-electron chi connectivity index (χ3n) is 2.81. The van der Waals surface area contributed by atoms with Crippen LogP contribution in [0.25, 0.3) is 0 Å². The molecule has 2 N–H and O–H groups in total. The number of hydrogen-bond donors (Lipinski definition) is 1. The molecule has 116 valence electrons. The number of benzene rings is 1. The van der Waals surface area contributed by atoms with E-state index in [0.717, 1.165) is 0 Å². The zero-order chi connectivity index (χ0) is 16.1. The molecule has 0 fully saturated rings. The van der Waals surface area contributed by atoms with E-state index in [-0.39, 0.29) is 18.9 Å². The van der Waals surface area contributed by atoms with Crippen molar-refractivity contribution in [1.29, 1.82) is 0 Å². The van der Waals surface area contributed by atoms with Gasteiger partial charge < -0.3 is 10.5 Å². The van der Waals surface area contributed by atoms with Gasteiger partial charge in [-0.2, -0.15) is 0 Å². The van der Waals surface area contributed by atoms with E-state index >= 15 is 0 Å². The van der Waals surface area contributed by atoms with E-state index in [1.54, 1.807) is 20.8 Å². The molecule has 0 aromatic heterocycles. The van der Waals surface area contributed by atoms with Gasteiger partial charge in [-0.3, -0.25) is 0 Å². The summed E-state index contributed by atoms with van der Waals surface area (Å²) in [5, 5.41) is 0. The summed E-state index contributed by atoms with van der Waals surface area (Å²) in [4.78, 5) is 0. The molecule has 0 radical (unpaired) electrons. The van der Waals surface area contributed by atoms with Crippen LogP contribution in [-0.4, -0.2) is 32.1 Å². The second-order valence-corrected chi connectivity index (χ2v) is 8.29. The van der Waals surface area contributed by atoms with E-state index in [2.05, 4.69) is 11.8 Å². The minimum absolute atomic E-state index is 0.0114. The molecule has 0 saturated carbocycles. The smallest absolute Gasteiger partial charge is 0.158 e. The molecule has 0 aliphatic rings. The third-order valence-corrected chi connectivity index (χ3v) is 5.38. The lowest BCUT2D eigenvalue weighted by molar-refractivity contribution is 0.338. The summed E-state index contributed by atoms with van der Waals surface area (Å²) in [5.41, 5.74) is 5.64. The average Bonchev–Trinajstić information content (AvgIpc) is 2.37. The Kier molecular flexibility index (Phi) is 5.76. The third kappa shape index (κ3) is 5.03. The maximum Gasteiger partial charge on any atom is 0.158 e. The van der Waals surface area contributed by atoms with E-state index in [1.807, 2.05) is 0 Å². The van der Waals surface area contributed by atoms with Gasteiger partial charge in [-0.1, -0.05) is 11.8 Å². The number of rotatable bonds is 4. The van der Waals surface area contributed by atoms with Crippen LogP contribution in [0, 0.1) is 17.7 Å². The highest BCUT2D eigenvalue weighted by molar-refractivity contribution is 7.92. The predicted octanol–water partition coefficient (Wildman–Crippen LogP) is 1.73. The van der Waals surface area contributed by atoms with Gasteiger partial charge in [0.1, 0.15) is 18.2 Å². The zero-order valence-corrected chi connectivity index (χ0v) is 13.3. The van der Waals surface area contributed by atoms with Crippen LogP contribution in [0.4, 0.5) is 4.39 Å². The molecule has 0 unspecified atom stereocenters. The Balaban J connectivity index is 2.81. The van der Waals surface area contributed by atoms with Gasteiger partial charge in [0.05, 0.1) is 22.6 Å². The van der Waals surface area contributed by atoms with Crippen LogP contribution in [-0.2, 0) is 9.84 Å². The maximum atomic E-state index is 13.2. The van der Waals surface area contributed by atoms with Crippen LogP contribution in [0.15, 0.2) is 18.2 Å². The van der Waals surface area contributed by atoms with Crippen LogP contribution in [0.1, 0.15) is 26.3 Å². The van der Waals surface area contributed by atoms with Crippen molar-refractivity contribution < 1.29 is 17.5 Å². The molecular formula is C15H20FNO3S. The molecule has 0 heterocycles. The van der Waals surface area contributed by atoms with Crippen LogP contribution in [0.2, 0.25) is 0 Å². The quantitative estimate of drug-likeness (QED) is 0.860. The molecule has 0 aliphatic heterocycles. The Hall–Kier alpha value is -1.58. The summed E-state index contributed by atoms with van der Waals surface area (Å²) in [6, 6.07) is 3.90. The molecule has 1 aromatic rings. The molecule has 0 spiro atoms. The monoisotopic (exact) mass is 313 g/mol. The average molecular weight is 313 g/mol. The minimum Gasteiger partial charge on any atom is -0.491 e. The maximum absolute atomic E-state index is 13.2. The Bertz CT molecular complexity index is 652. The van der Waals surface area contributed by atoms with Crippen molar-refractivity contribution in [3.05, 3.63) is 29.6 Å². The van der Waals surface area contributed by atoms with Crippen LogP contribution < -0.4 is 10.5 Å². The Morgan fingerprint density at radius 1 is 1.33 bits per heavy atom. The van der Waals surface area contributed by atoms with Gasteiger partial charge in [-0.25, -0.2) is 12.8 Å². The molecule has 4 nitrogen and oxygen atoms in total. The number of ether oxygens (including phenoxy) is 1. The predicted molar refractivity (Wildman–Crippen MR) is 81.4 cm³/mol. The molecule has 21 heavy (non-hydrogen) atoms. The van der Waals surface area contributed by atoms with E-state index in [1.165, 1.54) is 18.2 Å². The summed E-state index contributed by atoms with van der Waals surface area (Å²) < 4.78 is 41.7. The summed E-state index contributed by atoms with van der Waals surface area (Å²) in [5.74, 6) is 5.11. The second-order valence-electron chi connectivity index (χ2n) is 5.43. The fraction of sp³-hybridized carbons (Fsp3) is 0.467. The fourth-order valence-electron chi connectivity index (χ4n) is 1.44. The van der Waals surface area contributed by atoms with Crippen molar-refractivity contribution in [3.63, 3.8) is 0 Å². The van der Waals surface area contributed by atoms with E-state index in [9.17, 15) is 12.8 Å². The van der Waals surface area contributed by atoms with Gasteiger partial charge in [0, 0.05) is 0 Å². The van der Waals surface area contributed by atoms with Gasteiger partial charge in [-0.15, -0.1) is 0 Å². The molecular weight excluding hydrogens is 293 g/mol. The second kappa shape index (κ2) is 6.92. The summed E-state index contributed by atoms with van der Waals surface area (Å²) in [6.07, 6.45) is 0. The van der Waals surface area contributed by atoms with Crippen molar-refractivity contribution in [2.24, 2.45) is 5.73 Å². The van der Waals surface area contributed by atoms with Gasteiger partial charge in [0.25, 0.3) is 0 Å². The van der Waals surface area contributed by atoms with Crippen LogP contribution in [0.5, 0.6) is 5.75 Å². The van der Waals surface area contributed by atoms with Crippen LogP contribution in [0.3, 0.4) is 0 Å². The first kappa shape index (κ1) is 17.5. The summed E-state index contributed by atoms with van der Waals surface area (Å²) in [6.45, 7) is 5.05. The first-order valence-electron chi connectivity index (χ1n) is 6.51. The lowest BCUT2D eigenvalue weighted by Crippen LogP contribution is -2.32. The molecule has 1 aromatic carbocycles. The Morgan fingerprint density at radius 3 is 2.57 bits per heavy atom. The van der Waals surface area contributed by atoms with Gasteiger partial charge in [0.2, 0.25) is 0 Å². The van der Waals surface area contributed by atoms with E-state index < -0.39 is 20.4 Å². The van der Waals surface area contributed by atoms with E-state index in [4.69, 9.17) is 10.5 Å². The lowest BCUT2D eigenvalue weighted by Gasteiger charge is -2.19. The normalized spacial score (nSPS) is 11.7. The van der Waals surface area contributed by atoms with Crippen molar-refractivity contribution in [3.8, 4) is 17.6 Å². The first-order valence-corrected chi connectivity index (χ1v) is 8.16. The number of halogens is 1. The largest absolute Gasteiger partial charge is 0.491 e. The molecule has 1 rings (SSSR count). The standard InChI is InChI=1S/C15H20FNO3S/c1-15(2,3)21(18,19)10-9-20-14-7-6-13(16)11-12(14)5-4-8-17/h6-7,11H,8-10,17H2,1-3H3. The zero-order valence-electron chi connectivity index (χ0n) is 12.4. The van der Waals surface area contributed by atoms with Gasteiger partial charge >= 0.3 is 0 Å². The number of nitrogens with two attached hydrogens (primary N) is 1. The van der Waals surface area contributed by atoms with Gasteiger partial charge in [-0.05, 0) is 39.0 Å². The minimum atomic E-state index is -3.26. The van der Waals surface area contributed by atoms with E-state index in [0.29, 0.717) is 11.3 Å². The van der Waals surface area contributed by atoms with Crippen molar-refractivity contribution in [2.45, 2.75) is 25.5 Å². The number of sulfone groups is 1. The topological polar surface area (TPSA) is 69.4 Å². The lowest BCUT2D eigenvalue weighted by atomic mass is 10.2. The van der Waals surface area contributed by atoms with Crippen molar-refractivity contribution in [2.75, 3.05) is 18.9 Å². The highest BCUT2D eigenvalue weighted by Crippen LogP contribution is 2.20. The molecule has 0 saturated heterocycles. The van der Waals surface area contributed by atoms with Crippen molar-refractivity contribution in [1.82, 2.24) is 0 Å². The molecule has 0 atom stereocenters. The summed E-state index contributed by atoms with van der Waals surface area (Å²) in [7, 11) is -3.26. The van der Waals surface area contributed by atoms with Crippen molar-refractivity contribution >= 4 is 9.84 Å². The fourth-order valence-corrected chi connectivity index (χ4v) is 2.35. The molecule has 0 amide bonds. The highest BCUT2D eigenvalue weighted by atomic mass is 32.2. The Labute approximate surface area is 125 Å². The molecule has 0 aliphatic carbocycles. The first-order chi connectivity index (χ1) is 9.67. The Morgan fingerprint density at radius 2 is 2.00 bits per heavy atom. The number of hydrogen-bond acceptors (Lipinski definition) is 4. The molecule has 6 heteroatoms. The highest BCUT2D eigenvalue weighted by Gasteiger charge is 2.28. The van der Waals surface area contributed by atoms with Gasteiger partial charge in [0.15, 0.2) is 9.84 Å². The van der Waals surface area contributed by atoms with Crippen LogP contribution >= 0.6 is 0 Å². The molecule has 0 bridgehead atoms.